The van der Waals surface area contributed by atoms with Gasteiger partial charge in [0.2, 0.25) is 0 Å². The maximum absolute atomic E-state index is 13.2. The molecular weight excluding hydrogens is 356 g/mol. The Balaban J connectivity index is 1.12. The molecule has 4 bridgehead atoms. The number of carbonyl (C=O) groups excluding carboxylic acids is 3. The molecule has 6 aliphatic carbocycles. The van der Waals surface area contributed by atoms with Crippen LogP contribution in [-0.4, -0.2) is 30.3 Å². The first-order valence-corrected chi connectivity index (χ1v) is 10.2. The molecule has 8 rings (SSSR count). The number of hydrogen-bond donors (Lipinski definition) is 0. The maximum atomic E-state index is 13.2. The third-order valence-electron chi connectivity index (χ3n) is 8.93. The van der Waals surface area contributed by atoms with Gasteiger partial charge < -0.3 is 9.64 Å². The van der Waals surface area contributed by atoms with E-state index in [0.717, 1.165) is 6.42 Å². The minimum absolute atomic E-state index is 0.104. The molecule has 7 aliphatic rings. The first kappa shape index (κ1) is 15.3. The van der Waals surface area contributed by atoms with Gasteiger partial charge in [-0.05, 0) is 60.3 Å². The lowest BCUT2D eigenvalue weighted by Crippen LogP contribution is -2.74. The number of benzene rings is 1. The van der Waals surface area contributed by atoms with Gasteiger partial charge in [-0.1, -0.05) is 0 Å². The van der Waals surface area contributed by atoms with E-state index in [1.807, 2.05) is 0 Å². The molecule has 0 spiro atoms. The third kappa shape index (κ3) is 1.31. The molecule has 6 nitrogen and oxygen atoms in total. The lowest BCUT2D eigenvalue weighted by Gasteiger charge is -2.69. The van der Waals surface area contributed by atoms with Gasteiger partial charge in [-0.15, -0.1) is 0 Å². The average molecular weight is 374 g/mol. The van der Waals surface area contributed by atoms with Gasteiger partial charge in [0.15, 0.2) is 6.10 Å². The van der Waals surface area contributed by atoms with Crippen LogP contribution < -0.4 is 4.90 Å². The van der Waals surface area contributed by atoms with E-state index in [2.05, 4.69) is 6.07 Å². The molecule has 1 aromatic carbocycles. The molecule has 140 valence electrons. The predicted molar refractivity (Wildman–Crippen MR) is 94.5 cm³/mol. The number of esters is 1. The second-order valence-corrected chi connectivity index (χ2v) is 9.36. The van der Waals surface area contributed by atoms with Gasteiger partial charge >= 0.3 is 5.97 Å². The standard InChI is InChI=1S/C22H18N2O4/c23-8-9-1-3-10(4-2-9)24-6-5-13(20(24)26)28-21(27)22-16-12-7-11-14(16)18(22)19(25)15(11)17(12)22/h1-4,11-18H,5-7H2. The number of carbonyl (C=O) groups is 3. The fourth-order valence-corrected chi connectivity index (χ4v) is 8.34. The zero-order chi connectivity index (χ0) is 18.9. The van der Waals surface area contributed by atoms with Crippen LogP contribution in [0.5, 0.6) is 0 Å². The smallest absolute Gasteiger partial charge is 0.314 e. The Kier molecular flexibility index (Phi) is 2.44. The zero-order valence-electron chi connectivity index (χ0n) is 15.1. The highest BCUT2D eigenvalue weighted by Gasteiger charge is 2.96. The summed E-state index contributed by atoms with van der Waals surface area (Å²) in [7, 11) is 0. The first-order chi connectivity index (χ1) is 13.6. The number of nitriles is 1. The monoisotopic (exact) mass is 374 g/mol. The molecule has 6 heteroatoms. The molecule has 1 aromatic rings. The fourth-order valence-electron chi connectivity index (χ4n) is 8.34. The average Bonchev–Trinajstić information content (AvgIpc) is 3.34. The summed E-state index contributed by atoms with van der Waals surface area (Å²) in [5, 5.41) is 8.92. The molecule has 1 amide bonds. The summed E-state index contributed by atoms with van der Waals surface area (Å²) < 4.78 is 5.78. The molecule has 0 N–H and O–H groups in total. The number of Topliss-reactive ketones (excluding diaryl/α,β-unsaturated/α-hetero) is 1. The first-order valence-electron chi connectivity index (χ1n) is 10.2. The highest BCUT2D eigenvalue weighted by Crippen LogP contribution is 2.92. The van der Waals surface area contributed by atoms with Crippen molar-refractivity contribution in [3.8, 4) is 6.07 Å². The molecule has 9 unspecified atom stereocenters. The zero-order valence-corrected chi connectivity index (χ0v) is 15.1. The summed E-state index contributed by atoms with van der Waals surface area (Å²) in [6.07, 6.45) is 0.824. The van der Waals surface area contributed by atoms with Crippen LogP contribution in [0.15, 0.2) is 24.3 Å². The second kappa shape index (κ2) is 4.48. The molecule has 9 atom stereocenters. The van der Waals surface area contributed by atoms with Crippen molar-refractivity contribution in [2.75, 3.05) is 11.4 Å². The molecule has 28 heavy (non-hydrogen) atoms. The van der Waals surface area contributed by atoms with Crippen molar-refractivity contribution in [1.82, 2.24) is 0 Å². The Morgan fingerprint density at radius 3 is 2.68 bits per heavy atom. The largest absolute Gasteiger partial charge is 0.452 e. The number of amides is 1. The Morgan fingerprint density at radius 2 is 1.96 bits per heavy atom. The van der Waals surface area contributed by atoms with E-state index in [-0.39, 0.29) is 29.6 Å². The van der Waals surface area contributed by atoms with Crippen molar-refractivity contribution in [1.29, 1.82) is 5.26 Å². The van der Waals surface area contributed by atoms with E-state index in [1.54, 1.807) is 29.2 Å². The van der Waals surface area contributed by atoms with Crippen LogP contribution in [0.3, 0.4) is 0 Å². The summed E-state index contributed by atoms with van der Waals surface area (Å²) in [6, 6.07) is 8.90. The Bertz CT molecular complexity index is 1030. The lowest BCUT2D eigenvalue weighted by molar-refractivity contribution is -0.266. The summed E-state index contributed by atoms with van der Waals surface area (Å²) in [5.74, 6) is 1.85. The van der Waals surface area contributed by atoms with Gasteiger partial charge in [0.25, 0.3) is 5.91 Å². The van der Waals surface area contributed by atoms with E-state index >= 15 is 0 Å². The normalized spacial score (nSPS) is 47.9. The summed E-state index contributed by atoms with van der Waals surface area (Å²) >= 11 is 0. The van der Waals surface area contributed by atoms with E-state index in [1.165, 1.54) is 0 Å². The molecule has 1 heterocycles. The molecule has 1 saturated heterocycles. The second-order valence-electron chi connectivity index (χ2n) is 9.36. The van der Waals surface area contributed by atoms with Crippen LogP contribution in [0.1, 0.15) is 18.4 Å². The number of ketones is 1. The Hall–Kier alpha value is -2.68. The summed E-state index contributed by atoms with van der Waals surface area (Å²) in [4.78, 5) is 40.3. The number of rotatable bonds is 3. The van der Waals surface area contributed by atoms with Crippen LogP contribution in [0.2, 0.25) is 0 Å². The Morgan fingerprint density at radius 1 is 1.18 bits per heavy atom. The van der Waals surface area contributed by atoms with E-state index in [4.69, 9.17) is 10.00 Å². The summed E-state index contributed by atoms with van der Waals surface area (Å²) in [5.41, 5.74) is 0.672. The van der Waals surface area contributed by atoms with Gasteiger partial charge in [0.05, 0.1) is 17.0 Å². The number of hydrogen-bond acceptors (Lipinski definition) is 5. The van der Waals surface area contributed by atoms with Crippen LogP contribution in [0.4, 0.5) is 5.69 Å². The van der Waals surface area contributed by atoms with Crippen molar-refractivity contribution >= 4 is 23.3 Å². The van der Waals surface area contributed by atoms with Crippen molar-refractivity contribution < 1.29 is 19.1 Å². The number of nitrogens with zero attached hydrogens (tertiary/aromatic N) is 2. The van der Waals surface area contributed by atoms with Crippen molar-refractivity contribution in [3.63, 3.8) is 0 Å². The lowest BCUT2D eigenvalue weighted by atomic mass is 9.32. The van der Waals surface area contributed by atoms with Crippen molar-refractivity contribution in [2.45, 2.75) is 18.9 Å². The highest BCUT2D eigenvalue weighted by atomic mass is 16.6. The van der Waals surface area contributed by atoms with Crippen LogP contribution in [0, 0.1) is 58.2 Å². The minimum Gasteiger partial charge on any atom is -0.452 e. The van der Waals surface area contributed by atoms with Crippen molar-refractivity contribution in [3.05, 3.63) is 29.8 Å². The van der Waals surface area contributed by atoms with Gasteiger partial charge in [0, 0.05) is 30.5 Å². The minimum atomic E-state index is -0.764. The van der Waals surface area contributed by atoms with Gasteiger partial charge in [-0.3, -0.25) is 14.4 Å². The van der Waals surface area contributed by atoms with E-state index < -0.39 is 11.5 Å². The third-order valence-corrected chi connectivity index (χ3v) is 8.93. The molecular formula is C22H18N2O4. The van der Waals surface area contributed by atoms with Gasteiger partial charge in [-0.2, -0.15) is 5.26 Å². The van der Waals surface area contributed by atoms with Gasteiger partial charge in [0.1, 0.15) is 5.78 Å². The van der Waals surface area contributed by atoms with Crippen LogP contribution >= 0.6 is 0 Å². The summed E-state index contributed by atoms with van der Waals surface area (Å²) in [6.45, 7) is 0.487. The van der Waals surface area contributed by atoms with E-state index in [0.29, 0.717) is 53.7 Å². The van der Waals surface area contributed by atoms with E-state index in [9.17, 15) is 14.4 Å². The van der Waals surface area contributed by atoms with Crippen LogP contribution in [-0.2, 0) is 19.1 Å². The predicted octanol–water partition coefficient (Wildman–Crippen LogP) is 1.53. The molecule has 0 aromatic heterocycles. The number of anilines is 1. The topological polar surface area (TPSA) is 87.5 Å². The van der Waals surface area contributed by atoms with Crippen LogP contribution in [0.25, 0.3) is 0 Å². The molecule has 0 radical (unpaired) electrons. The molecule has 6 saturated carbocycles. The molecule has 1 aliphatic heterocycles. The Labute approximate surface area is 161 Å². The molecule has 7 fully saturated rings. The fraction of sp³-hybridized carbons (Fsp3) is 0.545. The van der Waals surface area contributed by atoms with Crippen molar-refractivity contribution in [2.24, 2.45) is 46.8 Å². The maximum Gasteiger partial charge on any atom is 0.314 e. The number of ether oxygens (including phenoxy) is 1. The highest BCUT2D eigenvalue weighted by molar-refractivity contribution is 6.04. The quantitative estimate of drug-likeness (QED) is 0.749. The SMILES string of the molecule is N#Cc1ccc(N2CCC(OC(=O)C34C5C(=O)C6C7CC(C63)C4C75)C2=O)cc1. The van der Waals surface area contributed by atoms with Gasteiger partial charge in [-0.25, -0.2) is 0 Å².